The number of halogens is 4. The molecule has 0 fully saturated rings. The van der Waals surface area contributed by atoms with E-state index in [1.54, 1.807) is 12.1 Å². The molecule has 3 rings (SSSR count). The van der Waals surface area contributed by atoms with E-state index in [9.17, 15) is 26.4 Å². The first kappa shape index (κ1) is 23.6. The third kappa shape index (κ3) is 5.23. The molecule has 0 saturated carbocycles. The SMILES string of the molecule is Cc1ccc(S(=O)(=O)Nc2cccc(C(=O)Nc3ccc(Cl)c(C(F)(F)F)c3)c2C)cc1. The first-order valence-electron chi connectivity index (χ1n) is 9.26. The van der Waals surface area contributed by atoms with Crippen molar-refractivity contribution < 1.29 is 26.4 Å². The van der Waals surface area contributed by atoms with E-state index in [-0.39, 0.29) is 21.8 Å². The predicted molar refractivity (Wildman–Crippen MR) is 118 cm³/mol. The molecule has 0 atom stereocenters. The molecule has 10 heteroatoms. The second-order valence-electron chi connectivity index (χ2n) is 7.04. The Labute approximate surface area is 188 Å². The Bertz CT molecular complexity index is 1270. The molecule has 1 amide bonds. The number of nitrogens with one attached hydrogen (secondary N) is 2. The summed E-state index contributed by atoms with van der Waals surface area (Å²) in [4.78, 5) is 12.8. The van der Waals surface area contributed by atoms with Crippen LogP contribution in [0.4, 0.5) is 24.5 Å². The molecule has 0 bridgehead atoms. The van der Waals surface area contributed by atoms with Gasteiger partial charge in [0.05, 0.1) is 21.2 Å². The molecule has 5 nitrogen and oxygen atoms in total. The van der Waals surface area contributed by atoms with Gasteiger partial charge in [-0.2, -0.15) is 13.2 Å². The number of sulfonamides is 1. The average molecular weight is 483 g/mol. The van der Waals surface area contributed by atoms with Crippen LogP contribution in [0.25, 0.3) is 0 Å². The predicted octanol–water partition coefficient (Wildman–Crippen LogP) is 6.03. The monoisotopic (exact) mass is 482 g/mol. The molecule has 0 radical (unpaired) electrons. The van der Waals surface area contributed by atoms with Crippen molar-refractivity contribution in [3.8, 4) is 0 Å². The van der Waals surface area contributed by atoms with Gasteiger partial charge in [-0.25, -0.2) is 8.42 Å². The second kappa shape index (κ2) is 8.84. The van der Waals surface area contributed by atoms with Crippen LogP contribution in [0.3, 0.4) is 0 Å². The largest absolute Gasteiger partial charge is 0.417 e. The van der Waals surface area contributed by atoms with Crippen LogP contribution in [-0.4, -0.2) is 14.3 Å². The van der Waals surface area contributed by atoms with Gasteiger partial charge in [-0.15, -0.1) is 0 Å². The molecule has 0 aliphatic rings. The minimum Gasteiger partial charge on any atom is -0.322 e. The van der Waals surface area contributed by atoms with Crippen molar-refractivity contribution in [3.63, 3.8) is 0 Å². The summed E-state index contributed by atoms with van der Waals surface area (Å²) >= 11 is 5.60. The molecule has 3 aromatic rings. The van der Waals surface area contributed by atoms with Gasteiger partial charge < -0.3 is 5.32 Å². The van der Waals surface area contributed by atoms with Crippen molar-refractivity contribution >= 4 is 38.9 Å². The van der Waals surface area contributed by atoms with Crippen LogP contribution in [0.2, 0.25) is 5.02 Å². The number of aryl methyl sites for hydroxylation is 1. The summed E-state index contributed by atoms with van der Waals surface area (Å²) in [5.41, 5.74) is 0.299. The lowest BCUT2D eigenvalue weighted by molar-refractivity contribution is -0.137. The van der Waals surface area contributed by atoms with Crippen LogP contribution in [0.1, 0.15) is 27.0 Å². The molecular formula is C22H18ClF3N2O3S. The number of hydrogen-bond acceptors (Lipinski definition) is 3. The standard InChI is InChI=1S/C22H18ClF3N2O3S/c1-13-6-9-16(10-7-13)32(30,31)28-20-5-3-4-17(14(20)2)21(29)27-15-8-11-19(23)18(12-15)22(24,25)26/h3-12,28H,1-2H3,(H,27,29). The van der Waals surface area contributed by atoms with Gasteiger partial charge >= 0.3 is 6.18 Å². The lowest BCUT2D eigenvalue weighted by atomic mass is 10.1. The third-order valence-electron chi connectivity index (χ3n) is 4.68. The van der Waals surface area contributed by atoms with Gasteiger partial charge in [0.1, 0.15) is 0 Å². The van der Waals surface area contributed by atoms with E-state index in [1.807, 2.05) is 6.92 Å². The number of anilines is 2. The zero-order valence-corrected chi connectivity index (χ0v) is 18.5. The van der Waals surface area contributed by atoms with Crippen molar-refractivity contribution in [2.24, 2.45) is 0 Å². The number of carbonyl (C=O) groups excluding carboxylic acids is 1. The second-order valence-corrected chi connectivity index (χ2v) is 9.13. The van der Waals surface area contributed by atoms with Crippen molar-refractivity contribution in [2.45, 2.75) is 24.9 Å². The van der Waals surface area contributed by atoms with Gasteiger partial charge in [-0.1, -0.05) is 35.4 Å². The van der Waals surface area contributed by atoms with Gasteiger partial charge in [-0.3, -0.25) is 9.52 Å². The van der Waals surface area contributed by atoms with Crippen molar-refractivity contribution in [3.05, 3.63) is 87.9 Å². The van der Waals surface area contributed by atoms with Gasteiger partial charge in [0, 0.05) is 11.3 Å². The van der Waals surface area contributed by atoms with Crippen LogP contribution in [0.15, 0.2) is 65.6 Å². The highest BCUT2D eigenvalue weighted by molar-refractivity contribution is 7.92. The summed E-state index contributed by atoms with van der Waals surface area (Å²) in [5.74, 6) is -0.700. The van der Waals surface area contributed by atoms with E-state index in [0.29, 0.717) is 5.56 Å². The fraction of sp³-hybridized carbons (Fsp3) is 0.136. The molecular weight excluding hydrogens is 465 g/mol. The molecule has 2 N–H and O–H groups in total. The number of hydrogen-bond donors (Lipinski definition) is 2. The minimum absolute atomic E-state index is 0.0539. The highest BCUT2D eigenvalue weighted by atomic mass is 35.5. The Balaban J connectivity index is 1.87. The van der Waals surface area contributed by atoms with Crippen molar-refractivity contribution in [2.75, 3.05) is 10.0 Å². The summed E-state index contributed by atoms with van der Waals surface area (Å²) in [6, 6.07) is 13.7. The smallest absolute Gasteiger partial charge is 0.322 e. The number of amides is 1. The average Bonchev–Trinajstić information content (AvgIpc) is 2.70. The van der Waals surface area contributed by atoms with E-state index in [1.165, 1.54) is 43.3 Å². The molecule has 0 saturated heterocycles. The normalized spacial score (nSPS) is 11.8. The topological polar surface area (TPSA) is 75.3 Å². The maximum absolute atomic E-state index is 13.1. The maximum atomic E-state index is 13.1. The molecule has 3 aromatic carbocycles. The lowest BCUT2D eigenvalue weighted by Crippen LogP contribution is -2.17. The van der Waals surface area contributed by atoms with Gasteiger partial charge in [0.25, 0.3) is 15.9 Å². The molecule has 32 heavy (non-hydrogen) atoms. The number of carbonyl (C=O) groups is 1. The number of benzene rings is 3. The number of alkyl halides is 3. The van der Waals surface area contributed by atoms with E-state index >= 15 is 0 Å². The summed E-state index contributed by atoms with van der Waals surface area (Å²) in [6.07, 6.45) is -4.68. The van der Waals surface area contributed by atoms with Crippen molar-refractivity contribution in [1.82, 2.24) is 0 Å². The Morgan fingerprint density at radius 2 is 1.62 bits per heavy atom. The zero-order chi connectivity index (χ0) is 23.7. The quantitative estimate of drug-likeness (QED) is 0.466. The molecule has 0 aromatic heterocycles. The van der Waals surface area contributed by atoms with Crippen LogP contribution < -0.4 is 10.0 Å². The molecule has 0 aliphatic carbocycles. The minimum atomic E-state index is -4.68. The first-order valence-corrected chi connectivity index (χ1v) is 11.1. The Morgan fingerprint density at radius 1 is 0.969 bits per heavy atom. The van der Waals surface area contributed by atoms with Crippen LogP contribution >= 0.6 is 11.6 Å². The highest BCUT2D eigenvalue weighted by Crippen LogP contribution is 2.36. The molecule has 0 aliphatic heterocycles. The summed E-state index contributed by atoms with van der Waals surface area (Å²) in [7, 11) is -3.90. The Kier molecular flexibility index (Phi) is 6.52. The van der Waals surface area contributed by atoms with Crippen LogP contribution in [0, 0.1) is 13.8 Å². The summed E-state index contributed by atoms with van der Waals surface area (Å²) < 4.78 is 67.0. The molecule has 0 heterocycles. The van der Waals surface area contributed by atoms with E-state index in [4.69, 9.17) is 11.6 Å². The van der Waals surface area contributed by atoms with Crippen LogP contribution in [-0.2, 0) is 16.2 Å². The van der Waals surface area contributed by atoms with E-state index in [0.717, 1.165) is 17.7 Å². The Hall–Kier alpha value is -3.04. The maximum Gasteiger partial charge on any atom is 0.417 e. The fourth-order valence-electron chi connectivity index (χ4n) is 2.93. The van der Waals surface area contributed by atoms with E-state index < -0.39 is 32.7 Å². The van der Waals surface area contributed by atoms with Gasteiger partial charge in [0.15, 0.2) is 0 Å². The van der Waals surface area contributed by atoms with E-state index in [2.05, 4.69) is 10.0 Å². The highest BCUT2D eigenvalue weighted by Gasteiger charge is 2.33. The zero-order valence-electron chi connectivity index (χ0n) is 16.9. The first-order chi connectivity index (χ1) is 14.9. The lowest BCUT2D eigenvalue weighted by Gasteiger charge is -2.15. The molecule has 0 unspecified atom stereocenters. The third-order valence-corrected chi connectivity index (χ3v) is 6.39. The Morgan fingerprint density at radius 3 is 2.25 bits per heavy atom. The molecule has 0 spiro atoms. The van der Waals surface area contributed by atoms with Gasteiger partial charge in [-0.05, 0) is 61.9 Å². The summed E-state index contributed by atoms with van der Waals surface area (Å²) in [5, 5.41) is 1.91. The number of rotatable bonds is 5. The van der Waals surface area contributed by atoms with Crippen molar-refractivity contribution in [1.29, 1.82) is 0 Å². The van der Waals surface area contributed by atoms with Crippen LogP contribution in [0.5, 0.6) is 0 Å². The molecule has 168 valence electrons. The summed E-state index contributed by atoms with van der Waals surface area (Å²) in [6.45, 7) is 3.36. The fourth-order valence-corrected chi connectivity index (χ4v) is 4.28. The van der Waals surface area contributed by atoms with Gasteiger partial charge in [0.2, 0.25) is 0 Å².